The Morgan fingerprint density at radius 1 is 0.408 bits per heavy atom. The van der Waals surface area contributed by atoms with Gasteiger partial charge in [-0.1, -0.05) is 91.9 Å². The van der Waals surface area contributed by atoms with Crippen LogP contribution in [0.4, 0.5) is 27.7 Å². The van der Waals surface area contributed by atoms with Gasteiger partial charge in [-0.2, -0.15) is 8.42 Å². The number of nitrogens with zero attached hydrogens (tertiary/aromatic N) is 20. The van der Waals surface area contributed by atoms with Crippen LogP contribution in [0.3, 0.4) is 0 Å². The van der Waals surface area contributed by atoms with Crippen LogP contribution in [0.5, 0.6) is 0 Å². The third-order valence-corrected chi connectivity index (χ3v) is 32.5. The number of sulfone groups is 1. The van der Waals surface area contributed by atoms with Crippen molar-refractivity contribution < 1.29 is 66.3 Å². The predicted molar refractivity (Wildman–Crippen MR) is 568 cm³/mol. The van der Waals surface area contributed by atoms with Crippen LogP contribution in [0.25, 0.3) is 163 Å². The summed E-state index contributed by atoms with van der Waals surface area (Å²) in [4.78, 5) is 79.9. The second kappa shape index (κ2) is 42.8. The fourth-order valence-corrected chi connectivity index (χ4v) is 24.5. The molecule has 756 valence electrons. The number of hydrogen-bond donors (Lipinski definition) is 1. The molecule has 0 amide bonds. The number of hydrogen-bond acceptors (Lipinski definition) is 34. The molecule has 0 unspecified atom stereocenters. The molecular formula is C107H108FN21O14S4. The van der Waals surface area contributed by atoms with Gasteiger partial charge in [0.25, 0.3) is 0 Å². The molecule has 20 heterocycles. The van der Waals surface area contributed by atoms with Gasteiger partial charge in [0.15, 0.2) is 78.7 Å². The summed E-state index contributed by atoms with van der Waals surface area (Å²) in [5.74, 6) is 8.58. The molecule has 7 fully saturated rings. The van der Waals surface area contributed by atoms with Crippen LogP contribution in [0.15, 0.2) is 164 Å². The standard InChI is InChI=1S/C27H26FN5O3S.C27H27N5O4S.C27H29N5O2.C26H26N6O3S.O2S/c28-19-13-18-2-1-3-20(18)21(14-19)25-30-23-22-12-17(16-32-6-10-37(34)11-7-32)15-29-27(22)36-24(23)26(31-25)33-4-8-35-9-5-33;33-37(34)13-9-31(10-14-37)17-18-15-22-23-24(36-27(22)28-16-18)26(32-7-11-35-12-8-32)30-25(29-23)21-6-2-4-19-3-1-5-20(19)21;1-3-10-31(2)17-18-15-22-23-24(34-27(22)28-16-18)26(32-11-13-33-14-12-32)30-25(29-23)21-9-5-7-19-6-4-8-20(19)21;33-36-12-8-31(9-13-36)16-17-14-20-22-23(35-26(20)28-15-17)25(32-6-10-34-11-7-32)30-24(29-22)19-2-1-3-21-18(19)4-5-27-21;1-3-2/h1,3,12-15H,2,4-11,16H2;1-2,4-6,15-16H,3,7-14,17H2;4-5,7-9,15-16H,3,6,10-14,17H2,1-2H3;1-5,14-15,27H,6-13,16H2;. The van der Waals surface area contributed by atoms with E-state index in [1.54, 1.807) is 6.07 Å². The maximum atomic E-state index is 14.6. The zero-order valence-electron chi connectivity index (χ0n) is 81.4. The largest absolute Gasteiger partial charge is 0.432 e. The van der Waals surface area contributed by atoms with Gasteiger partial charge in [0.2, 0.25) is 22.9 Å². The van der Waals surface area contributed by atoms with E-state index in [1.165, 1.54) is 28.3 Å². The number of halogens is 1. The van der Waals surface area contributed by atoms with Gasteiger partial charge in [-0.05, 0) is 143 Å². The Balaban J connectivity index is 0.000000107. The van der Waals surface area contributed by atoms with Crippen molar-refractivity contribution in [3.63, 3.8) is 0 Å². The Morgan fingerprint density at radius 2 is 0.755 bits per heavy atom. The molecule has 0 spiro atoms. The molecule has 4 aromatic carbocycles. The number of pyridine rings is 4. The first-order valence-electron chi connectivity index (χ1n) is 50.0. The number of fused-ring (bicyclic) bond motifs is 16. The second-order valence-corrected chi connectivity index (χ2v) is 43.9. The van der Waals surface area contributed by atoms with Gasteiger partial charge < -0.3 is 66.1 Å². The van der Waals surface area contributed by atoms with E-state index in [0.717, 1.165) is 245 Å². The summed E-state index contributed by atoms with van der Waals surface area (Å²) in [5, 5.41) is 4.58. The molecule has 147 heavy (non-hydrogen) atoms. The Labute approximate surface area is 853 Å². The number of nitrogens with one attached hydrogen (secondary N) is 1. The number of furan rings is 4. The van der Waals surface area contributed by atoms with E-state index >= 15 is 0 Å². The molecule has 0 saturated carbocycles. The van der Waals surface area contributed by atoms with Crippen LogP contribution >= 0.6 is 0 Å². The lowest BCUT2D eigenvalue weighted by atomic mass is 10.0. The van der Waals surface area contributed by atoms with Gasteiger partial charge in [0, 0.05) is 227 Å². The maximum absolute atomic E-state index is 14.6. The highest BCUT2D eigenvalue weighted by Crippen LogP contribution is 2.45. The third-order valence-electron chi connectivity index (χ3n) is 28.4. The van der Waals surface area contributed by atoms with Crippen LogP contribution in [0, 0.1) is 5.82 Å². The number of anilines is 4. The number of ether oxygens (including phenoxy) is 4. The molecule has 10 aliphatic rings. The van der Waals surface area contributed by atoms with Crippen molar-refractivity contribution in [2.75, 3.05) is 212 Å². The van der Waals surface area contributed by atoms with Gasteiger partial charge in [-0.15, -0.1) is 0 Å². The molecule has 0 radical (unpaired) electrons. The van der Waals surface area contributed by atoms with Crippen molar-refractivity contribution >= 4 is 184 Å². The number of allylic oxidation sites excluding steroid dienone is 3. The summed E-state index contributed by atoms with van der Waals surface area (Å²) < 4.78 is 126. The van der Waals surface area contributed by atoms with Gasteiger partial charge >= 0.3 is 11.6 Å². The number of H-pyrrole nitrogens is 1. The van der Waals surface area contributed by atoms with Gasteiger partial charge in [-0.3, -0.25) is 23.1 Å². The van der Waals surface area contributed by atoms with Crippen LogP contribution in [-0.2, 0) is 107 Å². The van der Waals surface area contributed by atoms with Crippen molar-refractivity contribution in [1.82, 2.24) is 84.4 Å². The van der Waals surface area contributed by atoms with Gasteiger partial charge in [0.1, 0.15) is 27.9 Å². The van der Waals surface area contributed by atoms with Crippen molar-refractivity contribution in [2.24, 2.45) is 0 Å². The van der Waals surface area contributed by atoms with Crippen LogP contribution < -0.4 is 19.6 Å². The van der Waals surface area contributed by atoms with E-state index in [9.17, 15) is 21.2 Å². The topological polar surface area (TPSA) is 388 Å². The Morgan fingerprint density at radius 3 is 1.16 bits per heavy atom. The predicted octanol–water partition coefficient (Wildman–Crippen LogP) is 14.0. The van der Waals surface area contributed by atoms with Crippen LogP contribution in [0.2, 0.25) is 0 Å². The fourth-order valence-electron chi connectivity index (χ4n) is 20.9. The summed E-state index contributed by atoms with van der Waals surface area (Å²) in [7, 11) is -2.19. The minimum absolute atomic E-state index is 0.201. The summed E-state index contributed by atoms with van der Waals surface area (Å²) in [6.07, 6.45) is 25.8. The molecule has 0 bridgehead atoms. The van der Waals surface area contributed by atoms with Crippen LogP contribution in [-0.4, -0.2) is 302 Å². The minimum atomic E-state index is -2.92. The lowest BCUT2D eigenvalue weighted by Crippen LogP contribution is -2.39. The summed E-state index contributed by atoms with van der Waals surface area (Å²) in [6, 6.07) is 32.5. The molecular weight excluding hydrogens is 1950 g/mol. The summed E-state index contributed by atoms with van der Waals surface area (Å²) in [6.45, 7) is 21.5. The first-order valence-corrected chi connectivity index (χ1v) is 55.5. The first-order chi connectivity index (χ1) is 72.0. The first kappa shape index (κ1) is 97.1. The van der Waals surface area contributed by atoms with E-state index in [0.29, 0.717) is 183 Å². The highest BCUT2D eigenvalue weighted by atomic mass is 32.2. The highest BCUT2D eigenvalue weighted by molar-refractivity contribution is 7.91. The average Bonchev–Trinajstić information content (AvgIpc) is 1.60. The quantitative estimate of drug-likeness (QED) is 0.0833. The van der Waals surface area contributed by atoms with Crippen molar-refractivity contribution in [3.05, 3.63) is 208 Å². The van der Waals surface area contributed by atoms with Crippen molar-refractivity contribution in [2.45, 2.75) is 58.8 Å². The fraction of sp³-hybridized carbons (Fsp3) is 0.364. The van der Waals surface area contributed by atoms with E-state index in [-0.39, 0.29) is 17.3 Å². The summed E-state index contributed by atoms with van der Waals surface area (Å²) >= 11 is -0.750. The molecule has 0 atom stereocenters. The number of rotatable bonds is 18. The SMILES string of the molecule is CCCN(C)Cc1cnc2oc3c(N4CCOCC4)nc(-c4cccc5c4C=CC5)nc3c2c1.O=S1(=O)CCN(Cc2cnc3oc4c(N5CCOCC5)nc(-c5cccc6c5C=CC6)nc4c3c2)CC1.O=S1CCN(Cc2cnc3oc4c(N5CCOCC5)nc(-c5cc(F)cc6c5C=CC6)nc4c3c2)CC1.O=S1CCN(Cc2cnc3oc4c(N5CCOCC5)nc(-c5cccc6[nH]ccc56)nc4c3c2)CC1.O=S=O. The Kier molecular flexibility index (Phi) is 28.3. The maximum Gasteiger partial charge on any atom is 0.335 e. The molecule has 7 saturated heterocycles. The number of morpholine rings is 4. The number of benzene rings is 4. The Bertz CT molecular complexity index is 8190. The lowest BCUT2D eigenvalue weighted by molar-refractivity contribution is 0.122. The number of aromatic amines is 1. The molecule has 17 aromatic rings. The molecule has 7 aliphatic heterocycles. The minimum Gasteiger partial charge on any atom is -0.432 e. The van der Waals surface area contributed by atoms with Crippen molar-refractivity contribution in [1.29, 1.82) is 0 Å². The second-order valence-electron chi connectivity index (χ2n) is 38.1. The van der Waals surface area contributed by atoms with E-state index < -0.39 is 43.0 Å². The van der Waals surface area contributed by atoms with Crippen molar-refractivity contribution in [3.8, 4) is 45.6 Å². The van der Waals surface area contributed by atoms with Gasteiger partial charge in [0.05, 0.1) is 85.9 Å². The lowest BCUT2D eigenvalue weighted by Gasteiger charge is -2.28. The zero-order chi connectivity index (χ0) is 99.8. The molecule has 3 aliphatic carbocycles. The molecule has 40 heteroatoms. The van der Waals surface area contributed by atoms with Gasteiger partial charge in [-0.25, -0.2) is 72.6 Å². The van der Waals surface area contributed by atoms with E-state index in [1.807, 2.05) is 49.2 Å². The summed E-state index contributed by atoms with van der Waals surface area (Å²) in [5.41, 5.74) is 23.8. The van der Waals surface area contributed by atoms with Crippen LogP contribution in [0.1, 0.15) is 69.0 Å². The Hall–Kier alpha value is -13.4. The zero-order valence-corrected chi connectivity index (χ0v) is 84.7. The highest BCUT2D eigenvalue weighted by Gasteiger charge is 2.34. The molecule has 1 N–H and O–H groups in total. The smallest absolute Gasteiger partial charge is 0.335 e. The normalized spacial score (nSPS) is 17.8. The third kappa shape index (κ3) is 20.6. The monoisotopic (exact) mass is 2060 g/mol. The molecule has 13 aromatic heterocycles. The molecule has 35 nitrogen and oxygen atoms in total. The van der Waals surface area contributed by atoms with E-state index in [4.69, 9.17) is 84.9 Å². The molecule has 27 rings (SSSR count). The average molecular weight is 2060 g/mol. The van der Waals surface area contributed by atoms with E-state index in [2.05, 4.69) is 181 Å². The number of aromatic nitrogens is 13.